The highest BCUT2D eigenvalue weighted by atomic mass is 16.5. The fraction of sp³-hybridized carbons (Fsp3) is 0.421. The molecule has 1 aliphatic rings. The zero-order valence-corrected chi connectivity index (χ0v) is 14.6. The van der Waals surface area contributed by atoms with Crippen molar-refractivity contribution in [1.29, 1.82) is 0 Å². The molecule has 1 fully saturated rings. The Morgan fingerprint density at radius 1 is 1.28 bits per heavy atom. The minimum Gasteiger partial charge on any atom is -0.493 e. The molecule has 1 aromatic heterocycles. The van der Waals surface area contributed by atoms with Gasteiger partial charge in [0.05, 0.1) is 13.7 Å². The first kappa shape index (κ1) is 17.2. The molecule has 0 unspecified atom stereocenters. The van der Waals surface area contributed by atoms with E-state index in [2.05, 4.69) is 33.9 Å². The first-order valence-corrected chi connectivity index (χ1v) is 8.50. The van der Waals surface area contributed by atoms with Gasteiger partial charge in [-0.25, -0.2) is 14.8 Å². The van der Waals surface area contributed by atoms with E-state index in [1.807, 2.05) is 12.1 Å². The maximum Gasteiger partial charge on any atom is 0.356 e. The van der Waals surface area contributed by atoms with Crippen LogP contribution in [0.25, 0.3) is 0 Å². The normalized spacial score (nSPS) is 17.2. The molecular formula is C19H23N3O3. The second kappa shape index (κ2) is 7.96. The number of esters is 1. The van der Waals surface area contributed by atoms with E-state index in [0.717, 1.165) is 37.5 Å². The number of hydrogen-bond acceptors (Lipinski definition) is 6. The zero-order chi connectivity index (χ0) is 17.6. The second-order valence-corrected chi connectivity index (χ2v) is 6.33. The van der Waals surface area contributed by atoms with E-state index < -0.39 is 5.97 Å². The van der Waals surface area contributed by atoms with Gasteiger partial charge in [-0.2, -0.15) is 0 Å². The van der Waals surface area contributed by atoms with Gasteiger partial charge in [0.2, 0.25) is 0 Å². The molecule has 6 nitrogen and oxygen atoms in total. The summed E-state index contributed by atoms with van der Waals surface area (Å²) in [5.74, 6) is 1.64. The van der Waals surface area contributed by atoms with Crippen molar-refractivity contribution >= 4 is 11.8 Å². The van der Waals surface area contributed by atoms with E-state index in [9.17, 15) is 4.79 Å². The molecule has 1 atom stereocenters. The predicted molar refractivity (Wildman–Crippen MR) is 95.0 cm³/mol. The molecular weight excluding hydrogens is 318 g/mol. The summed E-state index contributed by atoms with van der Waals surface area (Å²) >= 11 is 0. The fourth-order valence-electron chi connectivity index (χ4n) is 2.99. The predicted octanol–water partition coefficient (Wildman–Crippen LogP) is 2.87. The van der Waals surface area contributed by atoms with E-state index in [0.29, 0.717) is 12.5 Å². The third-order valence-corrected chi connectivity index (χ3v) is 4.40. The Hall–Kier alpha value is -2.63. The molecule has 0 radical (unpaired) electrons. The van der Waals surface area contributed by atoms with E-state index in [4.69, 9.17) is 9.47 Å². The van der Waals surface area contributed by atoms with E-state index in [1.54, 1.807) is 6.07 Å². The number of anilines is 1. The number of carbonyl (C=O) groups excluding carboxylic acids is 1. The first-order chi connectivity index (χ1) is 12.2. The van der Waals surface area contributed by atoms with Crippen molar-refractivity contribution in [2.45, 2.75) is 19.8 Å². The van der Waals surface area contributed by atoms with Gasteiger partial charge in [-0.05, 0) is 31.9 Å². The number of aryl methyl sites for hydroxylation is 1. The maximum atomic E-state index is 11.6. The summed E-state index contributed by atoms with van der Waals surface area (Å²) in [5.41, 5.74) is 1.51. The van der Waals surface area contributed by atoms with E-state index >= 15 is 0 Å². The van der Waals surface area contributed by atoms with Gasteiger partial charge in [0, 0.05) is 25.1 Å². The molecule has 132 valence electrons. The highest BCUT2D eigenvalue weighted by Gasteiger charge is 2.22. The molecule has 0 N–H and O–H groups in total. The lowest BCUT2D eigenvalue weighted by atomic mass is 9.99. The van der Waals surface area contributed by atoms with Gasteiger partial charge in [-0.1, -0.05) is 17.7 Å². The molecule has 6 heteroatoms. The Kier molecular flexibility index (Phi) is 5.48. The second-order valence-electron chi connectivity index (χ2n) is 6.33. The standard InChI is InChI=1S/C19H23N3O3/c1-14-5-7-16(8-6-14)25-12-15-4-3-9-22(11-15)18-10-17(19(23)24-2)20-13-21-18/h5-8,10,13,15H,3-4,9,11-12H2,1-2H3/t15-/m0/s1. The number of piperidine rings is 1. The summed E-state index contributed by atoms with van der Waals surface area (Å²) in [5, 5.41) is 0. The molecule has 25 heavy (non-hydrogen) atoms. The van der Waals surface area contributed by atoms with Gasteiger partial charge in [0.25, 0.3) is 0 Å². The smallest absolute Gasteiger partial charge is 0.356 e. The van der Waals surface area contributed by atoms with Gasteiger partial charge >= 0.3 is 5.97 Å². The molecule has 2 aromatic rings. The number of methoxy groups -OCH3 is 1. The first-order valence-electron chi connectivity index (χ1n) is 8.50. The van der Waals surface area contributed by atoms with E-state index in [-0.39, 0.29) is 5.69 Å². The monoisotopic (exact) mass is 341 g/mol. The quantitative estimate of drug-likeness (QED) is 0.779. The molecule has 2 heterocycles. The Bertz CT molecular complexity index is 718. The summed E-state index contributed by atoms with van der Waals surface area (Å²) in [6.45, 7) is 4.50. The van der Waals surface area contributed by atoms with Crippen molar-refractivity contribution in [2.24, 2.45) is 5.92 Å². The van der Waals surface area contributed by atoms with Gasteiger partial charge in [-0.3, -0.25) is 0 Å². The SMILES string of the molecule is COC(=O)c1cc(N2CCC[C@H](COc3ccc(C)cc3)C2)ncn1. The van der Waals surface area contributed by atoms with Crippen LogP contribution in [0.1, 0.15) is 28.9 Å². The molecule has 0 saturated carbocycles. The molecule has 1 aromatic carbocycles. The van der Waals surface area contributed by atoms with Crippen LogP contribution in [-0.4, -0.2) is 42.7 Å². The summed E-state index contributed by atoms with van der Waals surface area (Å²) in [6, 6.07) is 9.80. The summed E-state index contributed by atoms with van der Waals surface area (Å²) in [4.78, 5) is 22.1. The van der Waals surface area contributed by atoms with Crippen molar-refractivity contribution in [3.63, 3.8) is 0 Å². The molecule has 0 aliphatic carbocycles. The summed E-state index contributed by atoms with van der Waals surface area (Å²) < 4.78 is 10.7. The Labute approximate surface area is 147 Å². The third-order valence-electron chi connectivity index (χ3n) is 4.40. The Balaban J connectivity index is 1.61. The molecule has 3 rings (SSSR count). The summed E-state index contributed by atoms with van der Waals surface area (Å²) in [6.07, 6.45) is 3.60. The van der Waals surface area contributed by atoms with Crippen molar-refractivity contribution in [3.05, 3.63) is 47.9 Å². The number of aromatic nitrogens is 2. The van der Waals surface area contributed by atoms with Gasteiger partial charge in [-0.15, -0.1) is 0 Å². The van der Waals surface area contributed by atoms with Crippen molar-refractivity contribution in [2.75, 3.05) is 31.7 Å². The zero-order valence-electron chi connectivity index (χ0n) is 14.6. The number of hydrogen-bond donors (Lipinski definition) is 0. The van der Waals surface area contributed by atoms with Crippen LogP contribution < -0.4 is 9.64 Å². The molecule has 1 aliphatic heterocycles. The van der Waals surface area contributed by atoms with Crippen molar-refractivity contribution < 1.29 is 14.3 Å². The minimum atomic E-state index is -0.445. The van der Waals surface area contributed by atoms with Crippen LogP contribution in [0.2, 0.25) is 0 Å². The molecule has 0 bridgehead atoms. The number of benzene rings is 1. The van der Waals surface area contributed by atoms with Crippen LogP contribution in [0, 0.1) is 12.8 Å². The minimum absolute atomic E-state index is 0.283. The lowest BCUT2D eigenvalue weighted by Gasteiger charge is -2.33. The third kappa shape index (κ3) is 4.47. The van der Waals surface area contributed by atoms with Crippen LogP contribution in [-0.2, 0) is 4.74 Å². The van der Waals surface area contributed by atoms with Crippen LogP contribution in [0.15, 0.2) is 36.7 Å². The number of carbonyl (C=O) groups is 1. The van der Waals surface area contributed by atoms with Crippen LogP contribution in [0.4, 0.5) is 5.82 Å². The fourth-order valence-corrected chi connectivity index (χ4v) is 2.99. The molecule has 0 spiro atoms. The molecule has 1 saturated heterocycles. The number of ether oxygens (including phenoxy) is 2. The summed E-state index contributed by atoms with van der Waals surface area (Å²) in [7, 11) is 1.35. The van der Waals surface area contributed by atoms with Crippen molar-refractivity contribution in [3.8, 4) is 5.75 Å². The maximum absolute atomic E-state index is 11.6. The van der Waals surface area contributed by atoms with Crippen molar-refractivity contribution in [1.82, 2.24) is 9.97 Å². The highest BCUT2D eigenvalue weighted by molar-refractivity contribution is 5.87. The highest BCUT2D eigenvalue weighted by Crippen LogP contribution is 2.23. The number of nitrogens with zero attached hydrogens (tertiary/aromatic N) is 3. The molecule has 0 amide bonds. The van der Waals surface area contributed by atoms with Crippen LogP contribution in [0.3, 0.4) is 0 Å². The average molecular weight is 341 g/mol. The van der Waals surface area contributed by atoms with Gasteiger partial charge < -0.3 is 14.4 Å². The van der Waals surface area contributed by atoms with Gasteiger partial charge in [0.15, 0.2) is 5.69 Å². The lowest BCUT2D eigenvalue weighted by Crippen LogP contribution is -2.38. The number of rotatable bonds is 5. The topological polar surface area (TPSA) is 64.5 Å². The van der Waals surface area contributed by atoms with E-state index in [1.165, 1.54) is 19.0 Å². The van der Waals surface area contributed by atoms with Crippen LogP contribution >= 0.6 is 0 Å². The Morgan fingerprint density at radius 2 is 2.08 bits per heavy atom. The largest absolute Gasteiger partial charge is 0.493 e. The lowest BCUT2D eigenvalue weighted by molar-refractivity contribution is 0.0594. The van der Waals surface area contributed by atoms with Crippen LogP contribution in [0.5, 0.6) is 5.75 Å². The average Bonchev–Trinajstić information content (AvgIpc) is 2.67. The van der Waals surface area contributed by atoms with Gasteiger partial charge in [0.1, 0.15) is 17.9 Å². The Morgan fingerprint density at radius 3 is 2.84 bits per heavy atom.